The minimum atomic E-state index is -3.61. The van der Waals surface area contributed by atoms with Gasteiger partial charge in [0.1, 0.15) is 11.5 Å². The smallest absolute Gasteiger partial charge is 0.244 e. The summed E-state index contributed by atoms with van der Waals surface area (Å²) >= 11 is 0. The van der Waals surface area contributed by atoms with Gasteiger partial charge in [0.2, 0.25) is 15.9 Å². The van der Waals surface area contributed by atoms with Crippen molar-refractivity contribution in [2.75, 3.05) is 13.1 Å². The molecular weight excluding hydrogens is 366 g/mol. The molecule has 0 radical (unpaired) electrons. The summed E-state index contributed by atoms with van der Waals surface area (Å²) in [5, 5.41) is 3.90. The van der Waals surface area contributed by atoms with Crippen LogP contribution < -0.4 is 5.43 Å². The van der Waals surface area contributed by atoms with Crippen LogP contribution in [0.4, 0.5) is 0 Å². The molecule has 1 aromatic heterocycles. The average molecular weight is 389 g/mol. The Morgan fingerprint density at radius 2 is 1.96 bits per heavy atom. The number of nitrogens with zero attached hydrogens (tertiary/aromatic N) is 2. The molecule has 144 valence electrons. The minimum absolute atomic E-state index is 0.150. The lowest BCUT2D eigenvalue weighted by atomic mass is 9.99. The summed E-state index contributed by atoms with van der Waals surface area (Å²) in [5.41, 5.74) is 3.47. The number of nitrogens with one attached hydrogen (secondary N) is 1. The molecule has 1 aliphatic heterocycles. The number of hydrazone groups is 1. The number of amides is 1. The Bertz CT molecular complexity index is 932. The van der Waals surface area contributed by atoms with Crippen LogP contribution in [0.2, 0.25) is 0 Å². The molecule has 0 aliphatic carbocycles. The van der Waals surface area contributed by atoms with Gasteiger partial charge in [-0.2, -0.15) is 9.41 Å². The van der Waals surface area contributed by atoms with E-state index in [-0.39, 0.29) is 17.3 Å². The lowest BCUT2D eigenvalue weighted by Gasteiger charge is -2.30. The maximum absolute atomic E-state index is 12.8. The number of furan rings is 1. The Kier molecular flexibility index (Phi) is 5.76. The largest absolute Gasteiger partial charge is 0.460 e. The second-order valence-electron chi connectivity index (χ2n) is 6.70. The van der Waals surface area contributed by atoms with Gasteiger partial charge in [0.15, 0.2) is 0 Å². The van der Waals surface area contributed by atoms with Gasteiger partial charge in [0, 0.05) is 13.1 Å². The second kappa shape index (κ2) is 8.06. The van der Waals surface area contributed by atoms with Crippen molar-refractivity contribution in [2.24, 2.45) is 11.0 Å². The molecule has 7 nitrogen and oxygen atoms in total. The first-order valence-corrected chi connectivity index (χ1v) is 10.3. The summed E-state index contributed by atoms with van der Waals surface area (Å²) in [4.78, 5) is 12.6. The first-order chi connectivity index (χ1) is 12.9. The van der Waals surface area contributed by atoms with E-state index in [0.29, 0.717) is 25.1 Å². The van der Waals surface area contributed by atoms with E-state index in [1.165, 1.54) is 10.5 Å². The molecule has 2 heterocycles. The third kappa shape index (κ3) is 4.64. The van der Waals surface area contributed by atoms with Crippen LogP contribution in [0.1, 0.15) is 29.9 Å². The average Bonchev–Trinajstić information content (AvgIpc) is 3.07. The van der Waals surface area contributed by atoms with Gasteiger partial charge in [0.05, 0.1) is 17.0 Å². The minimum Gasteiger partial charge on any atom is -0.460 e. The van der Waals surface area contributed by atoms with Gasteiger partial charge in [-0.25, -0.2) is 13.8 Å². The van der Waals surface area contributed by atoms with Crippen LogP contribution in [-0.4, -0.2) is 37.9 Å². The molecule has 2 aromatic rings. The number of rotatable bonds is 5. The lowest BCUT2D eigenvalue weighted by molar-refractivity contribution is -0.126. The topological polar surface area (TPSA) is 92.0 Å². The van der Waals surface area contributed by atoms with E-state index in [4.69, 9.17) is 4.42 Å². The molecule has 1 fully saturated rings. The van der Waals surface area contributed by atoms with E-state index in [0.717, 1.165) is 11.3 Å². The predicted molar refractivity (Wildman–Crippen MR) is 102 cm³/mol. The SMILES string of the molecule is Cc1ccc(S(=O)(=O)N2CCCC(C(=O)NN=Cc3ccc(C)o3)C2)cc1. The van der Waals surface area contributed by atoms with Crippen LogP contribution in [-0.2, 0) is 14.8 Å². The van der Waals surface area contributed by atoms with Crippen molar-refractivity contribution in [3.63, 3.8) is 0 Å². The maximum atomic E-state index is 12.8. The molecule has 0 spiro atoms. The van der Waals surface area contributed by atoms with Gasteiger partial charge in [-0.15, -0.1) is 0 Å². The lowest BCUT2D eigenvalue weighted by Crippen LogP contribution is -2.44. The van der Waals surface area contributed by atoms with E-state index in [1.54, 1.807) is 36.4 Å². The maximum Gasteiger partial charge on any atom is 0.244 e. The van der Waals surface area contributed by atoms with E-state index in [9.17, 15) is 13.2 Å². The van der Waals surface area contributed by atoms with Crippen LogP contribution in [0.3, 0.4) is 0 Å². The highest BCUT2D eigenvalue weighted by Gasteiger charge is 2.33. The Labute approximate surface area is 159 Å². The predicted octanol–water partition coefficient (Wildman–Crippen LogP) is 2.45. The van der Waals surface area contributed by atoms with E-state index in [1.807, 2.05) is 13.8 Å². The summed E-state index contributed by atoms with van der Waals surface area (Å²) in [6, 6.07) is 10.3. The molecule has 1 aliphatic rings. The molecule has 3 rings (SSSR count). The van der Waals surface area contributed by atoms with Gasteiger partial charge in [0.25, 0.3) is 0 Å². The van der Waals surface area contributed by atoms with Crippen LogP contribution in [0.5, 0.6) is 0 Å². The number of aryl methyl sites for hydroxylation is 2. The zero-order chi connectivity index (χ0) is 19.4. The van der Waals surface area contributed by atoms with Crippen LogP contribution in [0.15, 0.2) is 50.8 Å². The third-order valence-electron chi connectivity index (χ3n) is 4.54. The normalized spacial score (nSPS) is 18.7. The molecule has 0 saturated carbocycles. The van der Waals surface area contributed by atoms with Crippen molar-refractivity contribution in [3.8, 4) is 0 Å². The number of piperidine rings is 1. The summed E-state index contributed by atoms with van der Waals surface area (Å²) in [6.07, 6.45) is 2.68. The van der Waals surface area contributed by atoms with Crippen molar-refractivity contribution < 1.29 is 17.6 Å². The monoisotopic (exact) mass is 389 g/mol. The quantitative estimate of drug-likeness (QED) is 0.628. The summed E-state index contributed by atoms with van der Waals surface area (Å²) in [6.45, 7) is 4.29. The van der Waals surface area contributed by atoms with Gasteiger partial charge in [-0.3, -0.25) is 4.79 Å². The van der Waals surface area contributed by atoms with Crippen molar-refractivity contribution in [1.29, 1.82) is 0 Å². The molecular formula is C19H23N3O4S. The molecule has 1 N–H and O–H groups in total. The van der Waals surface area contributed by atoms with Gasteiger partial charge in [-0.1, -0.05) is 17.7 Å². The zero-order valence-electron chi connectivity index (χ0n) is 15.4. The molecule has 1 aromatic carbocycles. The van der Waals surface area contributed by atoms with Crippen molar-refractivity contribution in [3.05, 3.63) is 53.5 Å². The number of carbonyl (C=O) groups excluding carboxylic acids is 1. The molecule has 1 amide bonds. The highest BCUT2D eigenvalue weighted by atomic mass is 32.2. The molecule has 0 bridgehead atoms. The highest BCUT2D eigenvalue weighted by molar-refractivity contribution is 7.89. The third-order valence-corrected chi connectivity index (χ3v) is 6.42. The fourth-order valence-corrected chi connectivity index (χ4v) is 4.53. The van der Waals surface area contributed by atoms with Gasteiger partial charge >= 0.3 is 0 Å². The van der Waals surface area contributed by atoms with E-state index in [2.05, 4.69) is 10.5 Å². The number of hydrogen-bond donors (Lipinski definition) is 1. The molecule has 27 heavy (non-hydrogen) atoms. The number of benzene rings is 1. The summed E-state index contributed by atoms with van der Waals surface area (Å²) in [7, 11) is -3.61. The number of sulfonamides is 1. The Hall–Kier alpha value is -2.45. The molecule has 1 saturated heterocycles. The van der Waals surface area contributed by atoms with E-state index >= 15 is 0 Å². The fraction of sp³-hybridized carbons (Fsp3) is 0.368. The first kappa shape index (κ1) is 19.3. The number of carbonyl (C=O) groups is 1. The summed E-state index contributed by atoms with van der Waals surface area (Å²) < 4.78 is 32.4. The van der Waals surface area contributed by atoms with Crippen molar-refractivity contribution >= 4 is 22.1 Å². The second-order valence-corrected chi connectivity index (χ2v) is 8.64. The molecule has 1 unspecified atom stereocenters. The molecule has 1 atom stereocenters. The van der Waals surface area contributed by atoms with E-state index < -0.39 is 15.9 Å². The fourth-order valence-electron chi connectivity index (χ4n) is 3.01. The number of hydrogen-bond acceptors (Lipinski definition) is 5. The first-order valence-electron chi connectivity index (χ1n) is 8.82. The standard InChI is InChI=1S/C19H23N3O4S/c1-14-5-9-18(10-6-14)27(24,25)22-11-3-4-16(13-22)19(23)21-20-12-17-8-7-15(2)26-17/h5-10,12,16H,3-4,11,13H2,1-2H3,(H,21,23). The van der Waals surface area contributed by atoms with Crippen LogP contribution >= 0.6 is 0 Å². The Morgan fingerprint density at radius 3 is 2.63 bits per heavy atom. The van der Waals surface area contributed by atoms with Crippen LogP contribution in [0, 0.1) is 19.8 Å². The Balaban J connectivity index is 1.63. The van der Waals surface area contributed by atoms with Crippen molar-refractivity contribution in [2.45, 2.75) is 31.6 Å². The highest BCUT2D eigenvalue weighted by Crippen LogP contribution is 2.24. The Morgan fingerprint density at radius 1 is 1.22 bits per heavy atom. The zero-order valence-corrected chi connectivity index (χ0v) is 16.2. The molecule has 8 heteroatoms. The van der Waals surface area contributed by atoms with Crippen molar-refractivity contribution in [1.82, 2.24) is 9.73 Å². The van der Waals surface area contributed by atoms with Crippen LogP contribution in [0.25, 0.3) is 0 Å². The van der Waals surface area contributed by atoms with Gasteiger partial charge in [-0.05, 0) is 51.0 Å². The van der Waals surface area contributed by atoms with Gasteiger partial charge < -0.3 is 4.42 Å². The summed E-state index contributed by atoms with van der Waals surface area (Å²) in [5.74, 6) is 0.569.